The van der Waals surface area contributed by atoms with E-state index in [1.165, 1.54) is 5.56 Å². The van der Waals surface area contributed by atoms with E-state index in [9.17, 15) is 9.59 Å². The van der Waals surface area contributed by atoms with Crippen molar-refractivity contribution < 1.29 is 14.3 Å². The van der Waals surface area contributed by atoms with Gasteiger partial charge in [-0.15, -0.1) is 0 Å². The highest BCUT2D eigenvalue weighted by atomic mass is 32.1. The Morgan fingerprint density at radius 3 is 2.44 bits per heavy atom. The molecule has 0 aliphatic carbocycles. The maximum absolute atomic E-state index is 11.9. The molecule has 27 heavy (non-hydrogen) atoms. The van der Waals surface area contributed by atoms with Gasteiger partial charge in [-0.1, -0.05) is 36.4 Å². The lowest BCUT2D eigenvalue weighted by Crippen LogP contribution is -2.34. The van der Waals surface area contributed by atoms with Gasteiger partial charge >= 0.3 is 5.97 Å². The van der Waals surface area contributed by atoms with E-state index in [0.717, 1.165) is 16.8 Å². The fourth-order valence-electron chi connectivity index (χ4n) is 2.39. The van der Waals surface area contributed by atoms with Gasteiger partial charge in [0.15, 0.2) is 5.11 Å². The summed E-state index contributed by atoms with van der Waals surface area (Å²) in [5, 5.41) is 5.75. The number of rotatable bonds is 7. The molecule has 0 bridgehead atoms. The lowest BCUT2D eigenvalue weighted by Gasteiger charge is -2.11. The SMILES string of the molecule is Cc1ccc(NC(=S)NC(=O)CCC(=O)OCCc2ccccc2)cc1C. The molecule has 6 heteroatoms. The van der Waals surface area contributed by atoms with E-state index in [4.69, 9.17) is 17.0 Å². The van der Waals surface area contributed by atoms with Crippen LogP contribution in [0.15, 0.2) is 48.5 Å². The first-order valence-corrected chi connectivity index (χ1v) is 9.22. The fourth-order valence-corrected chi connectivity index (χ4v) is 2.62. The first-order chi connectivity index (χ1) is 12.9. The zero-order valence-corrected chi connectivity index (χ0v) is 16.4. The molecule has 0 radical (unpaired) electrons. The van der Waals surface area contributed by atoms with Gasteiger partial charge in [0.05, 0.1) is 13.0 Å². The topological polar surface area (TPSA) is 67.4 Å². The molecule has 0 aliphatic heterocycles. The number of carbonyl (C=O) groups is 2. The van der Waals surface area contributed by atoms with Crippen LogP contribution in [0.5, 0.6) is 0 Å². The van der Waals surface area contributed by atoms with E-state index < -0.39 is 5.97 Å². The predicted molar refractivity (Wildman–Crippen MR) is 111 cm³/mol. The van der Waals surface area contributed by atoms with Crippen molar-refractivity contribution in [1.29, 1.82) is 0 Å². The second-order valence-electron chi connectivity index (χ2n) is 6.26. The monoisotopic (exact) mass is 384 g/mol. The van der Waals surface area contributed by atoms with Crippen LogP contribution in [0.25, 0.3) is 0 Å². The lowest BCUT2D eigenvalue weighted by molar-refractivity contribution is -0.144. The molecule has 5 nitrogen and oxygen atoms in total. The largest absolute Gasteiger partial charge is 0.465 e. The summed E-state index contributed by atoms with van der Waals surface area (Å²) in [5.41, 5.74) is 4.23. The summed E-state index contributed by atoms with van der Waals surface area (Å²) in [6.45, 7) is 4.33. The average molecular weight is 385 g/mol. The summed E-state index contributed by atoms with van der Waals surface area (Å²) < 4.78 is 5.15. The van der Waals surface area contributed by atoms with Crippen LogP contribution in [0.2, 0.25) is 0 Å². The van der Waals surface area contributed by atoms with Gasteiger partial charge in [-0.25, -0.2) is 0 Å². The Labute approximate surface area is 165 Å². The molecule has 0 heterocycles. The molecule has 0 saturated carbocycles. The van der Waals surface area contributed by atoms with Crippen molar-refractivity contribution in [2.45, 2.75) is 33.1 Å². The highest BCUT2D eigenvalue weighted by Crippen LogP contribution is 2.14. The fraction of sp³-hybridized carbons (Fsp3) is 0.286. The molecule has 142 valence electrons. The highest BCUT2D eigenvalue weighted by molar-refractivity contribution is 7.80. The van der Waals surface area contributed by atoms with Crippen molar-refractivity contribution in [3.63, 3.8) is 0 Å². The number of thiocarbonyl (C=S) groups is 1. The van der Waals surface area contributed by atoms with Gasteiger partial charge in [0.2, 0.25) is 5.91 Å². The normalized spacial score (nSPS) is 10.1. The Morgan fingerprint density at radius 1 is 1.00 bits per heavy atom. The molecule has 0 spiro atoms. The number of hydrogen-bond donors (Lipinski definition) is 2. The van der Waals surface area contributed by atoms with Gasteiger partial charge in [-0.2, -0.15) is 0 Å². The third kappa shape index (κ3) is 7.58. The van der Waals surface area contributed by atoms with Crippen LogP contribution < -0.4 is 10.6 Å². The number of aryl methyl sites for hydroxylation is 2. The molecular weight excluding hydrogens is 360 g/mol. The van der Waals surface area contributed by atoms with E-state index in [2.05, 4.69) is 10.6 Å². The number of esters is 1. The van der Waals surface area contributed by atoms with Crippen molar-refractivity contribution in [1.82, 2.24) is 5.32 Å². The lowest BCUT2D eigenvalue weighted by atomic mass is 10.1. The maximum atomic E-state index is 11.9. The quantitative estimate of drug-likeness (QED) is 0.563. The number of ether oxygens (including phenoxy) is 1. The standard InChI is InChI=1S/C21H24N2O3S/c1-15-8-9-18(14-16(15)2)22-21(27)23-19(24)10-11-20(25)26-13-12-17-6-4-3-5-7-17/h3-9,14H,10-13H2,1-2H3,(H2,22,23,24,27). The minimum Gasteiger partial charge on any atom is -0.465 e. The number of anilines is 1. The van der Waals surface area contributed by atoms with Gasteiger partial charge in [0.1, 0.15) is 0 Å². The van der Waals surface area contributed by atoms with Gasteiger partial charge in [0, 0.05) is 18.5 Å². The number of hydrogen-bond acceptors (Lipinski definition) is 4. The molecule has 0 unspecified atom stereocenters. The Bertz CT molecular complexity index is 806. The van der Waals surface area contributed by atoms with Crippen LogP contribution in [0.4, 0.5) is 5.69 Å². The van der Waals surface area contributed by atoms with Crippen LogP contribution in [0, 0.1) is 13.8 Å². The number of carbonyl (C=O) groups excluding carboxylic acids is 2. The minimum atomic E-state index is -0.394. The smallest absolute Gasteiger partial charge is 0.306 e. The number of nitrogens with one attached hydrogen (secondary N) is 2. The first-order valence-electron chi connectivity index (χ1n) is 8.81. The summed E-state index contributed by atoms with van der Waals surface area (Å²) in [5.74, 6) is -0.717. The maximum Gasteiger partial charge on any atom is 0.306 e. The van der Waals surface area contributed by atoms with Crippen LogP contribution in [0.1, 0.15) is 29.5 Å². The zero-order chi connectivity index (χ0) is 19.6. The number of benzene rings is 2. The van der Waals surface area contributed by atoms with Crippen molar-refractivity contribution in [2.75, 3.05) is 11.9 Å². The van der Waals surface area contributed by atoms with E-state index in [0.29, 0.717) is 13.0 Å². The third-order valence-electron chi connectivity index (χ3n) is 4.07. The van der Waals surface area contributed by atoms with Crippen LogP contribution in [0.3, 0.4) is 0 Å². The summed E-state index contributed by atoms with van der Waals surface area (Å²) in [6.07, 6.45) is 0.703. The molecule has 0 aromatic heterocycles. The molecule has 0 fully saturated rings. The summed E-state index contributed by atoms with van der Waals surface area (Å²) >= 11 is 5.13. The van der Waals surface area contributed by atoms with Crippen molar-refractivity contribution in [2.24, 2.45) is 0 Å². The molecule has 2 aromatic rings. The highest BCUT2D eigenvalue weighted by Gasteiger charge is 2.10. The minimum absolute atomic E-state index is 0.0207. The molecular formula is C21H24N2O3S. The molecule has 0 aliphatic rings. The Hall–Kier alpha value is -2.73. The van der Waals surface area contributed by atoms with Gasteiger partial charge < -0.3 is 15.4 Å². The van der Waals surface area contributed by atoms with E-state index in [1.54, 1.807) is 0 Å². The van der Waals surface area contributed by atoms with E-state index in [-0.39, 0.29) is 23.9 Å². The Kier molecular flexibility index (Phi) is 7.95. The first kappa shape index (κ1) is 20.6. The van der Waals surface area contributed by atoms with Crippen LogP contribution in [-0.2, 0) is 20.7 Å². The summed E-state index contributed by atoms with van der Waals surface area (Å²) in [6, 6.07) is 15.6. The summed E-state index contributed by atoms with van der Waals surface area (Å²) in [4.78, 5) is 23.7. The third-order valence-corrected chi connectivity index (χ3v) is 4.27. The van der Waals surface area contributed by atoms with Crippen molar-refractivity contribution in [3.8, 4) is 0 Å². The summed E-state index contributed by atoms with van der Waals surface area (Å²) in [7, 11) is 0. The van der Waals surface area contributed by atoms with Crippen LogP contribution >= 0.6 is 12.2 Å². The van der Waals surface area contributed by atoms with Gasteiger partial charge in [-0.3, -0.25) is 9.59 Å². The molecule has 0 saturated heterocycles. The van der Waals surface area contributed by atoms with Gasteiger partial charge in [-0.05, 0) is 54.9 Å². The van der Waals surface area contributed by atoms with Gasteiger partial charge in [0.25, 0.3) is 0 Å². The van der Waals surface area contributed by atoms with E-state index in [1.807, 2.05) is 62.4 Å². The Morgan fingerprint density at radius 2 is 1.74 bits per heavy atom. The molecule has 2 N–H and O–H groups in total. The van der Waals surface area contributed by atoms with Crippen LogP contribution in [-0.4, -0.2) is 23.6 Å². The Balaban J connectivity index is 1.65. The molecule has 0 atom stereocenters. The van der Waals surface area contributed by atoms with Crippen molar-refractivity contribution in [3.05, 3.63) is 65.2 Å². The molecule has 1 amide bonds. The molecule has 2 aromatic carbocycles. The van der Waals surface area contributed by atoms with E-state index >= 15 is 0 Å². The number of amides is 1. The molecule has 2 rings (SSSR count). The zero-order valence-electron chi connectivity index (χ0n) is 15.6. The average Bonchev–Trinajstić information content (AvgIpc) is 2.64. The second-order valence-corrected chi connectivity index (χ2v) is 6.67. The van der Waals surface area contributed by atoms with Crippen molar-refractivity contribution >= 4 is 34.9 Å². The predicted octanol–water partition coefficient (Wildman–Crippen LogP) is 3.68. The second kappa shape index (κ2) is 10.4.